The summed E-state index contributed by atoms with van der Waals surface area (Å²) in [6.07, 6.45) is 1.53. The molecule has 1 aliphatic heterocycles. The molecular weight excluding hydrogens is 232 g/mol. The standard InChI is InChI=1S/C10H14O3S2/c11-15(10-3-1-7-14-10)8-4-9-12-5-2-6-13-9/h1,3,7,9H,2,4-6,8H2. The smallest absolute Gasteiger partial charge is 0.158 e. The van der Waals surface area contributed by atoms with Gasteiger partial charge in [-0.1, -0.05) is 6.07 Å². The Kier molecular flexibility index (Phi) is 4.31. The van der Waals surface area contributed by atoms with Crippen molar-refractivity contribution in [1.29, 1.82) is 0 Å². The molecule has 1 aliphatic rings. The van der Waals surface area contributed by atoms with Crippen molar-refractivity contribution in [3.05, 3.63) is 17.5 Å². The highest BCUT2D eigenvalue weighted by molar-refractivity contribution is 7.87. The quantitative estimate of drug-likeness (QED) is 0.815. The summed E-state index contributed by atoms with van der Waals surface area (Å²) in [6, 6.07) is 3.83. The molecule has 1 saturated heterocycles. The average molecular weight is 246 g/mol. The molecule has 0 saturated carbocycles. The van der Waals surface area contributed by atoms with Crippen LogP contribution < -0.4 is 0 Å². The van der Waals surface area contributed by atoms with Gasteiger partial charge in [0, 0.05) is 12.2 Å². The van der Waals surface area contributed by atoms with Crippen molar-refractivity contribution in [2.45, 2.75) is 23.3 Å². The number of rotatable bonds is 4. The second-order valence-electron chi connectivity index (χ2n) is 3.30. The lowest BCUT2D eigenvalue weighted by Crippen LogP contribution is -2.26. The summed E-state index contributed by atoms with van der Waals surface area (Å²) in [5.74, 6) is 0.616. The largest absolute Gasteiger partial charge is 0.353 e. The van der Waals surface area contributed by atoms with Crippen LogP contribution in [0.1, 0.15) is 12.8 Å². The third kappa shape index (κ3) is 3.38. The molecule has 1 atom stereocenters. The van der Waals surface area contributed by atoms with Crippen LogP contribution in [0.25, 0.3) is 0 Å². The Bertz CT molecular complexity index is 304. The molecule has 2 heterocycles. The summed E-state index contributed by atoms with van der Waals surface area (Å²) in [5, 5.41) is 1.95. The zero-order valence-corrected chi connectivity index (χ0v) is 10.0. The summed E-state index contributed by atoms with van der Waals surface area (Å²) in [6.45, 7) is 1.52. The highest BCUT2D eigenvalue weighted by Crippen LogP contribution is 2.16. The van der Waals surface area contributed by atoms with Gasteiger partial charge in [0.25, 0.3) is 0 Å². The van der Waals surface area contributed by atoms with E-state index >= 15 is 0 Å². The van der Waals surface area contributed by atoms with Crippen molar-refractivity contribution < 1.29 is 13.7 Å². The number of ether oxygens (including phenoxy) is 2. The molecule has 0 radical (unpaired) electrons. The van der Waals surface area contributed by atoms with E-state index in [1.54, 1.807) is 0 Å². The molecule has 0 amide bonds. The van der Waals surface area contributed by atoms with Crippen LogP contribution in [-0.4, -0.2) is 29.5 Å². The molecule has 1 aromatic heterocycles. The van der Waals surface area contributed by atoms with E-state index in [1.807, 2.05) is 17.5 Å². The maximum atomic E-state index is 11.8. The van der Waals surface area contributed by atoms with Gasteiger partial charge in [-0.2, -0.15) is 0 Å². The number of hydrogen-bond acceptors (Lipinski definition) is 4. The first-order valence-corrected chi connectivity index (χ1v) is 7.21. The third-order valence-corrected chi connectivity index (χ3v) is 4.85. The first kappa shape index (κ1) is 11.3. The second kappa shape index (κ2) is 5.75. The average Bonchev–Trinajstić information content (AvgIpc) is 2.81. The van der Waals surface area contributed by atoms with Crippen molar-refractivity contribution in [2.75, 3.05) is 19.0 Å². The number of thiophene rings is 1. The van der Waals surface area contributed by atoms with Gasteiger partial charge in [0.2, 0.25) is 0 Å². The SMILES string of the molecule is O=S(CCC1OCCCO1)c1cccs1. The lowest BCUT2D eigenvalue weighted by Gasteiger charge is -2.22. The van der Waals surface area contributed by atoms with Crippen molar-refractivity contribution in [3.63, 3.8) is 0 Å². The van der Waals surface area contributed by atoms with E-state index in [0.29, 0.717) is 12.2 Å². The second-order valence-corrected chi connectivity index (χ2v) is 6.04. The van der Waals surface area contributed by atoms with Gasteiger partial charge in [0.05, 0.1) is 28.2 Å². The van der Waals surface area contributed by atoms with Crippen LogP contribution in [0, 0.1) is 0 Å². The minimum absolute atomic E-state index is 0.150. The Morgan fingerprint density at radius 2 is 2.27 bits per heavy atom. The van der Waals surface area contributed by atoms with Crippen LogP contribution in [0.5, 0.6) is 0 Å². The first-order valence-electron chi connectivity index (χ1n) is 5.01. The lowest BCUT2D eigenvalue weighted by atomic mass is 10.4. The number of hydrogen-bond donors (Lipinski definition) is 0. The summed E-state index contributed by atoms with van der Waals surface area (Å²) in [7, 11) is -0.895. The molecule has 0 aromatic carbocycles. The van der Waals surface area contributed by atoms with Crippen LogP contribution in [0.2, 0.25) is 0 Å². The summed E-state index contributed by atoms with van der Waals surface area (Å²) < 4.78 is 23.5. The zero-order valence-electron chi connectivity index (χ0n) is 8.39. The topological polar surface area (TPSA) is 35.5 Å². The predicted molar refractivity (Wildman–Crippen MR) is 60.5 cm³/mol. The summed E-state index contributed by atoms with van der Waals surface area (Å²) in [4.78, 5) is 0. The first-order chi connectivity index (χ1) is 7.36. The van der Waals surface area contributed by atoms with Crippen LogP contribution >= 0.6 is 11.3 Å². The zero-order chi connectivity index (χ0) is 10.5. The summed E-state index contributed by atoms with van der Waals surface area (Å²) >= 11 is 1.54. The molecule has 0 bridgehead atoms. The molecule has 0 spiro atoms. The third-order valence-electron chi connectivity index (χ3n) is 2.15. The van der Waals surface area contributed by atoms with E-state index in [0.717, 1.165) is 23.8 Å². The Morgan fingerprint density at radius 1 is 1.47 bits per heavy atom. The van der Waals surface area contributed by atoms with Crippen LogP contribution in [0.15, 0.2) is 21.7 Å². The Hall–Kier alpha value is -0.230. The molecule has 1 fully saturated rings. The molecule has 2 rings (SSSR count). The fourth-order valence-electron chi connectivity index (χ4n) is 1.40. The van der Waals surface area contributed by atoms with Crippen LogP contribution in [0.4, 0.5) is 0 Å². The summed E-state index contributed by atoms with van der Waals surface area (Å²) in [5.41, 5.74) is 0. The van der Waals surface area contributed by atoms with E-state index in [2.05, 4.69) is 0 Å². The van der Waals surface area contributed by atoms with E-state index in [1.165, 1.54) is 11.3 Å². The van der Waals surface area contributed by atoms with E-state index in [-0.39, 0.29) is 6.29 Å². The van der Waals surface area contributed by atoms with E-state index in [9.17, 15) is 4.21 Å². The van der Waals surface area contributed by atoms with Crippen LogP contribution in [-0.2, 0) is 20.3 Å². The van der Waals surface area contributed by atoms with Gasteiger partial charge in [-0.25, -0.2) is 0 Å². The maximum absolute atomic E-state index is 11.8. The molecule has 0 aliphatic carbocycles. The van der Waals surface area contributed by atoms with Crippen molar-refractivity contribution in [3.8, 4) is 0 Å². The minimum Gasteiger partial charge on any atom is -0.353 e. The highest BCUT2D eigenvalue weighted by atomic mass is 32.2. The van der Waals surface area contributed by atoms with E-state index < -0.39 is 10.8 Å². The molecule has 3 nitrogen and oxygen atoms in total. The molecule has 1 aromatic rings. The monoisotopic (exact) mass is 246 g/mol. The highest BCUT2D eigenvalue weighted by Gasteiger charge is 2.15. The van der Waals surface area contributed by atoms with Crippen molar-refractivity contribution >= 4 is 22.1 Å². The molecule has 84 valence electrons. The fourth-order valence-corrected chi connectivity index (χ4v) is 3.53. The maximum Gasteiger partial charge on any atom is 0.158 e. The Balaban J connectivity index is 1.75. The van der Waals surface area contributed by atoms with Gasteiger partial charge in [0.1, 0.15) is 0 Å². The van der Waals surface area contributed by atoms with E-state index in [4.69, 9.17) is 9.47 Å². The molecule has 15 heavy (non-hydrogen) atoms. The van der Waals surface area contributed by atoms with Gasteiger partial charge >= 0.3 is 0 Å². The predicted octanol–water partition coefficient (Wildman–Crippen LogP) is 2.01. The van der Waals surface area contributed by atoms with Gasteiger partial charge in [-0.3, -0.25) is 4.21 Å². The molecular formula is C10H14O3S2. The van der Waals surface area contributed by atoms with Gasteiger partial charge in [-0.05, 0) is 17.9 Å². The van der Waals surface area contributed by atoms with Crippen molar-refractivity contribution in [2.24, 2.45) is 0 Å². The van der Waals surface area contributed by atoms with Crippen LogP contribution in [0.3, 0.4) is 0 Å². The Labute approximate surface area is 95.9 Å². The molecule has 1 unspecified atom stereocenters. The normalized spacial score (nSPS) is 20.3. The lowest BCUT2D eigenvalue weighted by molar-refractivity contribution is -0.178. The van der Waals surface area contributed by atoms with Gasteiger partial charge < -0.3 is 9.47 Å². The van der Waals surface area contributed by atoms with Gasteiger partial charge in [-0.15, -0.1) is 11.3 Å². The molecule has 0 N–H and O–H groups in total. The Morgan fingerprint density at radius 3 is 2.93 bits per heavy atom. The molecule has 5 heteroatoms. The minimum atomic E-state index is -0.895. The fraction of sp³-hybridized carbons (Fsp3) is 0.600. The van der Waals surface area contributed by atoms with Gasteiger partial charge in [0.15, 0.2) is 6.29 Å². The van der Waals surface area contributed by atoms with Crippen molar-refractivity contribution in [1.82, 2.24) is 0 Å².